The second-order valence-electron chi connectivity index (χ2n) is 3.08. The van der Waals surface area contributed by atoms with Gasteiger partial charge in [0.15, 0.2) is 4.67 Å². The minimum Gasteiger partial charge on any atom is -0.475 e. The molecule has 0 aromatic rings. The summed E-state index contributed by atoms with van der Waals surface area (Å²) in [6.45, 7) is 0. The van der Waals surface area contributed by atoms with Crippen molar-refractivity contribution in [1.29, 1.82) is 0 Å². The van der Waals surface area contributed by atoms with E-state index >= 15 is 0 Å². The Labute approximate surface area is 86.6 Å². The van der Waals surface area contributed by atoms with E-state index in [1.165, 1.54) is 5.57 Å². The third-order valence-electron chi connectivity index (χ3n) is 2.10. The van der Waals surface area contributed by atoms with Crippen molar-refractivity contribution >= 4 is 15.9 Å². The summed E-state index contributed by atoms with van der Waals surface area (Å²) >= 11 is 3.33. The standard InChI is InChI=1S/C11H11BrO/c12-11-8-4-7-10(13-11)9-5-2-1-3-6-9/h2,4-8,10H,1,3H2. The minimum absolute atomic E-state index is 0.0934. The quantitative estimate of drug-likeness (QED) is 0.680. The lowest BCUT2D eigenvalue weighted by Gasteiger charge is -2.20. The molecule has 2 heteroatoms. The van der Waals surface area contributed by atoms with Gasteiger partial charge in [-0.2, -0.15) is 0 Å². The third-order valence-corrected chi connectivity index (χ3v) is 2.56. The molecule has 1 aliphatic carbocycles. The molecule has 1 unspecified atom stereocenters. The fourth-order valence-corrected chi connectivity index (χ4v) is 1.81. The largest absolute Gasteiger partial charge is 0.475 e. The summed E-state index contributed by atoms with van der Waals surface area (Å²) in [4.78, 5) is 0. The molecule has 0 amide bonds. The molecule has 0 radical (unpaired) electrons. The van der Waals surface area contributed by atoms with Gasteiger partial charge in [-0.15, -0.1) is 0 Å². The van der Waals surface area contributed by atoms with Crippen molar-refractivity contribution in [3.63, 3.8) is 0 Å². The van der Waals surface area contributed by atoms with E-state index in [0.717, 1.165) is 17.5 Å². The molecule has 0 bridgehead atoms. The predicted octanol–water partition coefficient (Wildman–Crippen LogP) is 3.45. The first kappa shape index (κ1) is 8.82. The molecule has 0 saturated heterocycles. The summed E-state index contributed by atoms with van der Waals surface area (Å²) in [5.74, 6) is 0. The highest BCUT2D eigenvalue weighted by molar-refractivity contribution is 9.11. The fraction of sp³-hybridized carbons (Fsp3) is 0.273. The maximum absolute atomic E-state index is 5.60. The number of halogens is 1. The first-order valence-corrected chi connectivity index (χ1v) is 5.23. The van der Waals surface area contributed by atoms with Crippen LogP contribution in [0, 0.1) is 0 Å². The van der Waals surface area contributed by atoms with Gasteiger partial charge in [0.2, 0.25) is 0 Å². The van der Waals surface area contributed by atoms with Gasteiger partial charge in [-0.3, -0.25) is 0 Å². The first-order valence-electron chi connectivity index (χ1n) is 4.43. The Hall–Kier alpha value is -0.760. The molecule has 2 aliphatic rings. The van der Waals surface area contributed by atoms with E-state index in [2.05, 4.69) is 40.2 Å². The van der Waals surface area contributed by atoms with Gasteiger partial charge < -0.3 is 4.74 Å². The molecule has 1 nitrogen and oxygen atoms in total. The Morgan fingerprint density at radius 1 is 1.38 bits per heavy atom. The molecule has 0 saturated carbocycles. The van der Waals surface area contributed by atoms with Crippen LogP contribution in [0.4, 0.5) is 0 Å². The summed E-state index contributed by atoms with van der Waals surface area (Å²) in [6, 6.07) is 0. The normalized spacial score (nSPS) is 26.4. The fourth-order valence-electron chi connectivity index (χ4n) is 1.46. The molecule has 13 heavy (non-hydrogen) atoms. The van der Waals surface area contributed by atoms with Crippen molar-refractivity contribution in [3.05, 3.63) is 46.7 Å². The molecular weight excluding hydrogens is 228 g/mol. The summed E-state index contributed by atoms with van der Waals surface area (Å²) in [5.41, 5.74) is 1.26. The van der Waals surface area contributed by atoms with Crippen molar-refractivity contribution in [1.82, 2.24) is 0 Å². The van der Waals surface area contributed by atoms with Crippen LogP contribution in [0.1, 0.15) is 12.8 Å². The maximum Gasteiger partial charge on any atom is 0.163 e. The Kier molecular flexibility index (Phi) is 2.69. The van der Waals surface area contributed by atoms with Crippen molar-refractivity contribution < 1.29 is 4.74 Å². The van der Waals surface area contributed by atoms with Crippen LogP contribution in [-0.4, -0.2) is 6.10 Å². The highest BCUT2D eigenvalue weighted by Crippen LogP contribution is 2.24. The van der Waals surface area contributed by atoms with Crippen molar-refractivity contribution in [2.75, 3.05) is 0 Å². The van der Waals surface area contributed by atoms with Gasteiger partial charge in [-0.05, 0) is 46.5 Å². The molecule has 0 fully saturated rings. The number of hydrogen-bond acceptors (Lipinski definition) is 1. The molecule has 0 aromatic carbocycles. The van der Waals surface area contributed by atoms with Crippen molar-refractivity contribution in [3.8, 4) is 0 Å². The van der Waals surface area contributed by atoms with Crippen LogP contribution in [0.25, 0.3) is 0 Å². The van der Waals surface area contributed by atoms with E-state index < -0.39 is 0 Å². The Balaban J connectivity index is 2.10. The van der Waals surface area contributed by atoms with Gasteiger partial charge in [-0.25, -0.2) is 0 Å². The minimum atomic E-state index is 0.0934. The number of allylic oxidation sites excluding steroid dienone is 4. The van der Waals surface area contributed by atoms with Crippen LogP contribution in [0.5, 0.6) is 0 Å². The summed E-state index contributed by atoms with van der Waals surface area (Å²) in [5, 5.41) is 0. The van der Waals surface area contributed by atoms with Gasteiger partial charge in [-0.1, -0.05) is 24.3 Å². The zero-order chi connectivity index (χ0) is 9.10. The number of rotatable bonds is 1. The predicted molar refractivity (Wildman–Crippen MR) is 57.5 cm³/mol. The zero-order valence-electron chi connectivity index (χ0n) is 7.24. The maximum atomic E-state index is 5.60. The van der Waals surface area contributed by atoms with Crippen LogP contribution < -0.4 is 0 Å². The topological polar surface area (TPSA) is 9.23 Å². The van der Waals surface area contributed by atoms with E-state index in [-0.39, 0.29) is 6.10 Å². The summed E-state index contributed by atoms with van der Waals surface area (Å²) < 4.78 is 6.40. The van der Waals surface area contributed by atoms with Crippen molar-refractivity contribution in [2.45, 2.75) is 18.9 Å². The molecule has 1 heterocycles. The van der Waals surface area contributed by atoms with Gasteiger partial charge in [0, 0.05) is 0 Å². The third kappa shape index (κ3) is 2.13. The molecule has 68 valence electrons. The van der Waals surface area contributed by atoms with E-state index in [9.17, 15) is 0 Å². The molecule has 0 spiro atoms. The monoisotopic (exact) mass is 238 g/mol. The first-order chi connectivity index (χ1) is 6.36. The summed E-state index contributed by atoms with van der Waals surface area (Å²) in [7, 11) is 0. The lowest BCUT2D eigenvalue weighted by Crippen LogP contribution is -2.13. The summed E-state index contributed by atoms with van der Waals surface area (Å²) in [6.07, 6.45) is 14.9. The number of ether oxygens (including phenoxy) is 1. The van der Waals surface area contributed by atoms with E-state index in [4.69, 9.17) is 4.74 Å². The van der Waals surface area contributed by atoms with Gasteiger partial charge in [0.25, 0.3) is 0 Å². The van der Waals surface area contributed by atoms with Crippen LogP contribution >= 0.6 is 15.9 Å². The molecular formula is C11H11BrO. The van der Waals surface area contributed by atoms with E-state index in [0.29, 0.717) is 0 Å². The highest BCUT2D eigenvalue weighted by atomic mass is 79.9. The lowest BCUT2D eigenvalue weighted by molar-refractivity contribution is 0.208. The molecule has 1 aliphatic heterocycles. The lowest BCUT2D eigenvalue weighted by atomic mass is 10.0. The SMILES string of the molecule is BrC1=CC=CC(C2=CCCC=C2)O1. The average Bonchev–Trinajstić information content (AvgIpc) is 2.19. The number of hydrogen-bond donors (Lipinski definition) is 0. The Bertz CT molecular complexity index is 310. The van der Waals surface area contributed by atoms with Crippen LogP contribution in [-0.2, 0) is 4.74 Å². The van der Waals surface area contributed by atoms with Gasteiger partial charge in [0.05, 0.1) is 0 Å². The second kappa shape index (κ2) is 3.97. The van der Waals surface area contributed by atoms with Crippen molar-refractivity contribution in [2.24, 2.45) is 0 Å². The van der Waals surface area contributed by atoms with Crippen LogP contribution in [0.3, 0.4) is 0 Å². The molecule has 2 rings (SSSR count). The van der Waals surface area contributed by atoms with E-state index in [1.54, 1.807) is 0 Å². The molecule has 0 N–H and O–H groups in total. The van der Waals surface area contributed by atoms with E-state index in [1.807, 2.05) is 12.2 Å². The molecule has 0 aromatic heterocycles. The highest BCUT2D eigenvalue weighted by Gasteiger charge is 2.14. The Morgan fingerprint density at radius 2 is 2.31 bits per heavy atom. The Morgan fingerprint density at radius 3 is 3.00 bits per heavy atom. The second-order valence-corrected chi connectivity index (χ2v) is 3.86. The zero-order valence-corrected chi connectivity index (χ0v) is 8.83. The van der Waals surface area contributed by atoms with Crippen LogP contribution in [0.15, 0.2) is 46.7 Å². The van der Waals surface area contributed by atoms with Gasteiger partial charge >= 0.3 is 0 Å². The smallest absolute Gasteiger partial charge is 0.163 e. The van der Waals surface area contributed by atoms with Gasteiger partial charge in [0.1, 0.15) is 6.10 Å². The van der Waals surface area contributed by atoms with Crippen LogP contribution in [0.2, 0.25) is 0 Å². The molecule has 1 atom stereocenters. The average molecular weight is 239 g/mol.